The molecule has 1 aliphatic heterocycles. The minimum absolute atomic E-state index is 0.0792. The summed E-state index contributed by atoms with van der Waals surface area (Å²) < 4.78 is 18.5. The molecule has 1 aromatic carbocycles. The highest BCUT2D eigenvalue weighted by Gasteiger charge is 2.43. The first-order valence-corrected chi connectivity index (χ1v) is 10.1. The minimum Gasteiger partial charge on any atom is -0.391 e. The molecule has 8 heteroatoms. The Morgan fingerprint density at radius 2 is 1.93 bits per heavy atom. The van der Waals surface area contributed by atoms with Gasteiger partial charge in [0.1, 0.15) is 23.5 Å². The Morgan fingerprint density at radius 1 is 1.27 bits per heavy atom. The lowest BCUT2D eigenvalue weighted by molar-refractivity contribution is -0.141. The van der Waals surface area contributed by atoms with Gasteiger partial charge in [0.2, 0.25) is 11.8 Å². The molecular formula is C22H28FN3O4. The highest BCUT2D eigenvalue weighted by atomic mass is 19.1. The van der Waals surface area contributed by atoms with Crippen LogP contribution in [0.5, 0.6) is 0 Å². The lowest BCUT2D eigenvalue weighted by Crippen LogP contribution is -2.48. The topological polar surface area (TPSA) is 95.7 Å². The van der Waals surface area contributed by atoms with Crippen molar-refractivity contribution in [2.24, 2.45) is 5.92 Å². The molecule has 4 atom stereocenters. The van der Waals surface area contributed by atoms with Crippen LogP contribution in [0.3, 0.4) is 0 Å². The third-order valence-electron chi connectivity index (χ3n) is 5.48. The maximum Gasteiger partial charge on any atom is 0.243 e. The number of carbonyl (C=O) groups excluding carboxylic acids is 2. The van der Waals surface area contributed by atoms with Gasteiger partial charge < -0.3 is 19.8 Å². The van der Waals surface area contributed by atoms with Gasteiger partial charge in [-0.05, 0) is 37.5 Å². The van der Waals surface area contributed by atoms with Crippen molar-refractivity contribution in [2.45, 2.75) is 58.2 Å². The summed E-state index contributed by atoms with van der Waals surface area (Å²) >= 11 is 0. The Labute approximate surface area is 175 Å². The average Bonchev–Trinajstić information content (AvgIpc) is 3.27. The van der Waals surface area contributed by atoms with Gasteiger partial charge in [-0.2, -0.15) is 0 Å². The molecule has 2 heterocycles. The van der Waals surface area contributed by atoms with Crippen molar-refractivity contribution in [3.63, 3.8) is 0 Å². The molecule has 0 bridgehead atoms. The smallest absolute Gasteiger partial charge is 0.243 e. The van der Waals surface area contributed by atoms with E-state index in [0.29, 0.717) is 11.5 Å². The molecule has 2 aromatic rings. The molecule has 2 N–H and O–H groups in total. The molecule has 1 saturated heterocycles. The van der Waals surface area contributed by atoms with Crippen molar-refractivity contribution >= 4 is 11.8 Å². The van der Waals surface area contributed by atoms with Crippen LogP contribution in [-0.4, -0.2) is 45.7 Å². The van der Waals surface area contributed by atoms with Gasteiger partial charge in [0.15, 0.2) is 0 Å². The Kier molecular flexibility index (Phi) is 6.55. The Hall–Kier alpha value is -2.74. The zero-order chi connectivity index (χ0) is 22.0. The number of rotatable bonds is 6. The van der Waals surface area contributed by atoms with Gasteiger partial charge in [0, 0.05) is 19.0 Å². The lowest BCUT2D eigenvalue weighted by atomic mass is 9.91. The molecule has 162 valence electrons. The van der Waals surface area contributed by atoms with Gasteiger partial charge in [-0.15, -0.1) is 0 Å². The number of hydrogen-bond donors (Lipinski definition) is 2. The Balaban J connectivity index is 1.77. The number of aliphatic hydroxyl groups is 1. The fourth-order valence-electron chi connectivity index (χ4n) is 3.89. The number of benzene rings is 1. The third-order valence-corrected chi connectivity index (χ3v) is 5.48. The number of β-amino-alcohol motifs (C(OH)–C–C–N with tert-alkyl or cyclic N) is 1. The first kappa shape index (κ1) is 22.0. The van der Waals surface area contributed by atoms with Gasteiger partial charge in [-0.1, -0.05) is 31.1 Å². The first-order valence-electron chi connectivity index (χ1n) is 10.1. The van der Waals surface area contributed by atoms with E-state index in [1.165, 1.54) is 17.0 Å². The zero-order valence-electron chi connectivity index (χ0n) is 17.6. The van der Waals surface area contributed by atoms with Crippen molar-refractivity contribution in [1.82, 2.24) is 15.4 Å². The second-order valence-electron chi connectivity index (χ2n) is 8.27. The minimum atomic E-state index is -0.791. The van der Waals surface area contributed by atoms with Crippen LogP contribution < -0.4 is 5.32 Å². The normalized spacial score (nSPS) is 21.0. The van der Waals surface area contributed by atoms with Crippen LogP contribution in [0.25, 0.3) is 0 Å². The molecule has 1 fully saturated rings. The van der Waals surface area contributed by atoms with Crippen LogP contribution in [0.2, 0.25) is 0 Å². The quantitative estimate of drug-likeness (QED) is 0.754. The number of hydrogen-bond acceptors (Lipinski definition) is 5. The molecule has 0 spiro atoms. The number of aliphatic hydroxyl groups excluding tert-OH is 1. The van der Waals surface area contributed by atoms with Crippen LogP contribution in [-0.2, 0) is 9.59 Å². The van der Waals surface area contributed by atoms with E-state index in [1.807, 2.05) is 13.8 Å². The zero-order valence-corrected chi connectivity index (χ0v) is 17.6. The number of nitrogens with zero attached hydrogens (tertiary/aromatic N) is 2. The molecule has 0 radical (unpaired) electrons. The summed E-state index contributed by atoms with van der Waals surface area (Å²) in [4.78, 5) is 27.7. The fourth-order valence-corrected chi connectivity index (χ4v) is 3.89. The largest absolute Gasteiger partial charge is 0.391 e. The average molecular weight is 417 g/mol. The second-order valence-corrected chi connectivity index (χ2v) is 8.27. The van der Waals surface area contributed by atoms with Crippen molar-refractivity contribution < 1.29 is 23.6 Å². The van der Waals surface area contributed by atoms with Crippen LogP contribution in [0.1, 0.15) is 56.2 Å². The van der Waals surface area contributed by atoms with E-state index in [4.69, 9.17) is 4.52 Å². The van der Waals surface area contributed by atoms with Gasteiger partial charge in [0.25, 0.3) is 0 Å². The van der Waals surface area contributed by atoms with Crippen LogP contribution in [0.15, 0.2) is 34.9 Å². The first-order chi connectivity index (χ1) is 14.2. The maximum atomic E-state index is 13.4. The van der Waals surface area contributed by atoms with Gasteiger partial charge >= 0.3 is 0 Å². The molecule has 1 unspecified atom stereocenters. The van der Waals surface area contributed by atoms with E-state index < -0.39 is 18.1 Å². The summed E-state index contributed by atoms with van der Waals surface area (Å²) in [6, 6.07) is 6.44. The Bertz CT molecular complexity index is 896. The fraction of sp³-hybridized carbons (Fsp3) is 0.500. The molecule has 1 aromatic heterocycles. The third kappa shape index (κ3) is 4.70. The van der Waals surface area contributed by atoms with E-state index in [1.54, 1.807) is 32.0 Å². The number of likely N-dealkylation sites (tertiary alicyclic amines) is 1. The number of nitrogens with one attached hydrogen (secondary N) is 1. The highest BCUT2D eigenvalue weighted by molar-refractivity contribution is 5.91. The predicted octanol–water partition coefficient (Wildman–Crippen LogP) is 2.70. The van der Waals surface area contributed by atoms with Gasteiger partial charge in [-0.25, -0.2) is 4.39 Å². The summed E-state index contributed by atoms with van der Waals surface area (Å²) in [5, 5.41) is 16.9. The van der Waals surface area contributed by atoms with E-state index in [-0.39, 0.29) is 42.6 Å². The van der Waals surface area contributed by atoms with Crippen molar-refractivity contribution in [2.75, 3.05) is 6.54 Å². The SMILES string of the molecule is Cc1cc([C@H](C(=O)N2C[C@H](O)CC2C(=O)N[C@@H](C)c2ccc(F)cc2)C(C)C)on1. The van der Waals surface area contributed by atoms with Crippen molar-refractivity contribution in [1.29, 1.82) is 0 Å². The maximum absolute atomic E-state index is 13.4. The molecule has 3 rings (SSSR count). The standard InChI is InChI=1S/C22H28FN3O4/c1-12(2)20(19-9-13(3)25-30-19)22(29)26-11-17(27)10-18(26)21(28)24-14(4)15-5-7-16(23)8-6-15/h5-9,12,14,17-18,20,27H,10-11H2,1-4H3,(H,24,28)/t14-,17+,18?,20+/m0/s1. The van der Waals surface area contributed by atoms with Crippen LogP contribution in [0, 0.1) is 18.7 Å². The van der Waals surface area contributed by atoms with E-state index in [0.717, 1.165) is 5.56 Å². The van der Waals surface area contributed by atoms with E-state index in [2.05, 4.69) is 10.5 Å². The predicted molar refractivity (Wildman–Crippen MR) is 108 cm³/mol. The number of aromatic nitrogens is 1. The van der Waals surface area contributed by atoms with Crippen molar-refractivity contribution in [3.8, 4) is 0 Å². The number of aryl methyl sites for hydroxylation is 1. The molecule has 2 amide bonds. The van der Waals surface area contributed by atoms with Gasteiger partial charge in [-0.3, -0.25) is 9.59 Å². The molecular weight excluding hydrogens is 389 g/mol. The summed E-state index contributed by atoms with van der Waals surface area (Å²) in [6.45, 7) is 7.45. The summed E-state index contributed by atoms with van der Waals surface area (Å²) in [7, 11) is 0. The molecule has 7 nitrogen and oxygen atoms in total. The molecule has 1 aliphatic rings. The molecule has 0 aliphatic carbocycles. The monoisotopic (exact) mass is 417 g/mol. The highest BCUT2D eigenvalue weighted by Crippen LogP contribution is 2.31. The summed E-state index contributed by atoms with van der Waals surface area (Å²) in [6.07, 6.45) is -0.622. The lowest BCUT2D eigenvalue weighted by Gasteiger charge is -2.29. The number of halogens is 1. The van der Waals surface area contributed by atoms with E-state index in [9.17, 15) is 19.1 Å². The van der Waals surface area contributed by atoms with Crippen LogP contribution in [0.4, 0.5) is 4.39 Å². The molecule has 30 heavy (non-hydrogen) atoms. The molecule has 0 saturated carbocycles. The number of carbonyl (C=O) groups is 2. The number of amides is 2. The summed E-state index contributed by atoms with van der Waals surface area (Å²) in [5.41, 5.74) is 1.42. The Morgan fingerprint density at radius 3 is 2.50 bits per heavy atom. The summed E-state index contributed by atoms with van der Waals surface area (Å²) in [5.74, 6) is -1.20. The van der Waals surface area contributed by atoms with Crippen molar-refractivity contribution in [3.05, 3.63) is 53.2 Å². The van der Waals surface area contributed by atoms with Gasteiger partial charge in [0.05, 0.1) is 17.8 Å². The second kappa shape index (κ2) is 8.95. The van der Waals surface area contributed by atoms with E-state index >= 15 is 0 Å². The van der Waals surface area contributed by atoms with Crippen LogP contribution >= 0.6 is 0 Å².